The molecule has 0 unspecified atom stereocenters. The quantitative estimate of drug-likeness (QED) is 0.364. The topological polar surface area (TPSA) is 60.9 Å². The summed E-state index contributed by atoms with van der Waals surface area (Å²) < 4.78 is 8.46. The number of ketones is 1. The van der Waals surface area contributed by atoms with Gasteiger partial charge in [0, 0.05) is 27.2 Å². The standard InChI is InChI=1S/C19H12BrCl2N3O2/c1-10-17-14(12(7-23-10)8-25-9-24-18(21)19(25)22)6-15(27-17)16(26)11-2-4-13(20)5-3-11/h2-7,9H,8H2,1H3. The highest BCUT2D eigenvalue weighted by Gasteiger charge is 2.19. The average Bonchev–Trinajstić information content (AvgIpc) is 3.24. The minimum atomic E-state index is -0.187. The molecule has 0 atom stereocenters. The van der Waals surface area contributed by atoms with Crippen molar-refractivity contribution in [2.45, 2.75) is 13.5 Å². The van der Waals surface area contributed by atoms with Crippen LogP contribution < -0.4 is 0 Å². The molecule has 4 aromatic rings. The van der Waals surface area contributed by atoms with E-state index in [2.05, 4.69) is 25.9 Å². The van der Waals surface area contributed by atoms with Gasteiger partial charge in [-0.2, -0.15) is 0 Å². The van der Waals surface area contributed by atoms with Gasteiger partial charge in [0.2, 0.25) is 5.78 Å². The lowest BCUT2D eigenvalue weighted by Crippen LogP contribution is -2.00. The highest BCUT2D eigenvalue weighted by molar-refractivity contribution is 9.10. The van der Waals surface area contributed by atoms with Crippen LogP contribution in [0.25, 0.3) is 11.0 Å². The van der Waals surface area contributed by atoms with E-state index >= 15 is 0 Å². The first kappa shape index (κ1) is 18.2. The van der Waals surface area contributed by atoms with E-state index in [1.807, 2.05) is 19.1 Å². The number of nitrogens with zero attached hydrogens (tertiary/aromatic N) is 3. The highest BCUT2D eigenvalue weighted by Crippen LogP contribution is 2.29. The Bertz CT molecular complexity index is 1170. The zero-order chi connectivity index (χ0) is 19.1. The zero-order valence-corrected chi connectivity index (χ0v) is 17.1. The van der Waals surface area contributed by atoms with Crippen LogP contribution in [0.1, 0.15) is 27.4 Å². The Hall–Kier alpha value is -2.15. The van der Waals surface area contributed by atoms with Gasteiger partial charge in [-0.1, -0.05) is 39.1 Å². The van der Waals surface area contributed by atoms with Crippen LogP contribution in [0, 0.1) is 6.92 Å². The van der Waals surface area contributed by atoms with Gasteiger partial charge < -0.3 is 8.98 Å². The van der Waals surface area contributed by atoms with Crippen molar-refractivity contribution in [2.75, 3.05) is 0 Å². The number of pyridine rings is 1. The van der Waals surface area contributed by atoms with Crippen LogP contribution in [0.3, 0.4) is 0 Å². The fourth-order valence-electron chi connectivity index (χ4n) is 2.82. The Morgan fingerprint density at radius 2 is 1.96 bits per heavy atom. The molecule has 0 N–H and O–H groups in total. The molecule has 0 aliphatic rings. The number of furan rings is 1. The Morgan fingerprint density at radius 3 is 2.63 bits per heavy atom. The summed E-state index contributed by atoms with van der Waals surface area (Å²) in [4.78, 5) is 21.1. The van der Waals surface area contributed by atoms with Gasteiger partial charge in [0.1, 0.15) is 5.15 Å². The molecule has 0 amide bonds. The molecule has 0 aliphatic heterocycles. The van der Waals surface area contributed by atoms with E-state index in [1.165, 1.54) is 0 Å². The van der Waals surface area contributed by atoms with Crippen LogP contribution in [0.4, 0.5) is 0 Å². The van der Waals surface area contributed by atoms with Gasteiger partial charge in [-0.15, -0.1) is 0 Å². The van der Waals surface area contributed by atoms with E-state index in [1.54, 1.807) is 35.3 Å². The maximum atomic E-state index is 12.8. The second-order valence-corrected chi connectivity index (χ2v) is 7.64. The summed E-state index contributed by atoms with van der Waals surface area (Å²) in [5, 5.41) is 1.40. The second kappa shape index (κ2) is 7.11. The summed E-state index contributed by atoms with van der Waals surface area (Å²) in [6.07, 6.45) is 3.30. The Kier molecular flexibility index (Phi) is 4.80. The summed E-state index contributed by atoms with van der Waals surface area (Å²) in [7, 11) is 0. The Morgan fingerprint density at radius 1 is 1.22 bits per heavy atom. The molecular formula is C19H12BrCl2N3O2. The molecule has 8 heteroatoms. The maximum absolute atomic E-state index is 12.8. The molecule has 0 saturated heterocycles. The fraction of sp³-hybridized carbons (Fsp3) is 0.105. The van der Waals surface area contributed by atoms with E-state index in [0.717, 1.165) is 15.4 Å². The van der Waals surface area contributed by atoms with Crippen molar-refractivity contribution in [1.82, 2.24) is 14.5 Å². The van der Waals surface area contributed by atoms with Crippen molar-refractivity contribution in [1.29, 1.82) is 0 Å². The van der Waals surface area contributed by atoms with Gasteiger partial charge in [-0.05, 0) is 37.3 Å². The van der Waals surface area contributed by atoms with Crippen LogP contribution >= 0.6 is 39.1 Å². The molecule has 0 bridgehead atoms. The van der Waals surface area contributed by atoms with E-state index in [0.29, 0.717) is 28.5 Å². The number of hydrogen-bond donors (Lipinski definition) is 0. The zero-order valence-electron chi connectivity index (χ0n) is 14.0. The lowest BCUT2D eigenvalue weighted by atomic mass is 10.1. The number of benzene rings is 1. The minimum Gasteiger partial charge on any atom is -0.451 e. The first-order valence-corrected chi connectivity index (χ1v) is 9.53. The molecule has 0 radical (unpaired) electrons. The lowest BCUT2D eigenvalue weighted by Gasteiger charge is -2.06. The maximum Gasteiger partial charge on any atom is 0.228 e. The SMILES string of the molecule is Cc1ncc(Cn2cnc(Cl)c2Cl)c2cc(C(=O)c3ccc(Br)cc3)oc12. The number of aromatic nitrogens is 3. The predicted octanol–water partition coefficient (Wildman–Crippen LogP) is 5.68. The van der Waals surface area contributed by atoms with Crippen LogP contribution in [-0.2, 0) is 6.54 Å². The predicted molar refractivity (Wildman–Crippen MR) is 108 cm³/mol. The van der Waals surface area contributed by atoms with E-state index in [-0.39, 0.29) is 16.7 Å². The first-order chi connectivity index (χ1) is 12.9. The van der Waals surface area contributed by atoms with Gasteiger partial charge in [0.05, 0.1) is 18.6 Å². The normalized spacial score (nSPS) is 11.3. The van der Waals surface area contributed by atoms with Gasteiger partial charge in [-0.3, -0.25) is 9.78 Å². The molecule has 1 aromatic carbocycles. The van der Waals surface area contributed by atoms with Crippen molar-refractivity contribution in [2.24, 2.45) is 0 Å². The van der Waals surface area contributed by atoms with E-state index < -0.39 is 0 Å². The molecule has 3 heterocycles. The summed E-state index contributed by atoms with van der Waals surface area (Å²) >= 11 is 15.4. The van der Waals surface area contributed by atoms with Crippen molar-refractivity contribution in [3.05, 3.63) is 80.2 Å². The largest absolute Gasteiger partial charge is 0.451 e. The van der Waals surface area contributed by atoms with Gasteiger partial charge >= 0.3 is 0 Å². The van der Waals surface area contributed by atoms with E-state index in [9.17, 15) is 4.79 Å². The van der Waals surface area contributed by atoms with Crippen molar-refractivity contribution in [3.63, 3.8) is 0 Å². The van der Waals surface area contributed by atoms with Crippen molar-refractivity contribution >= 4 is 55.9 Å². The summed E-state index contributed by atoms with van der Waals surface area (Å²) in [6.45, 7) is 2.25. The number of rotatable bonds is 4. The number of carbonyl (C=O) groups excluding carboxylic acids is 1. The third-order valence-corrected chi connectivity index (χ3v) is 5.52. The molecule has 27 heavy (non-hydrogen) atoms. The number of imidazole rings is 1. The molecule has 0 aliphatic carbocycles. The molecule has 0 fully saturated rings. The van der Waals surface area contributed by atoms with Crippen molar-refractivity contribution in [3.8, 4) is 0 Å². The third-order valence-electron chi connectivity index (χ3n) is 4.22. The monoisotopic (exact) mass is 463 g/mol. The first-order valence-electron chi connectivity index (χ1n) is 7.98. The smallest absolute Gasteiger partial charge is 0.228 e. The summed E-state index contributed by atoms with van der Waals surface area (Å²) in [6, 6.07) is 8.88. The van der Waals surface area contributed by atoms with Crippen LogP contribution in [-0.4, -0.2) is 20.3 Å². The summed E-state index contributed by atoms with van der Waals surface area (Å²) in [5.41, 5.74) is 2.69. The van der Waals surface area contributed by atoms with Crippen LogP contribution in [0.15, 0.2) is 51.7 Å². The van der Waals surface area contributed by atoms with E-state index in [4.69, 9.17) is 27.6 Å². The lowest BCUT2D eigenvalue weighted by molar-refractivity contribution is 0.101. The minimum absolute atomic E-state index is 0.187. The Balaban J connectivity index is 1.77. The highest BCUT2D eigenvalue weighted by atomic mass is 79.9. The molecule has 4 rings (SSSR count). The van der Waals surface area contributed by atoms with Gasteiger partial charge in [0.15, 0.2) is 16.5 Å². The Labute approximate surface area is 173 Å². The molecular weight excluding hydrogens is 453 g/mol. The third kappa shape index (κ3) is 3.40. The molecule has 136 valence electrons. The number of halogens is 3. The van der Waals surface area contributed by atoms with Gasteiger partial charge in [-0.25, -0.2) is 4.98 Å². The molecule has 3 aromatic heterocycles. The molecule has 0 spiro atoms. The summed E-state index contributed by atoms with van der Waals surface area (Å²) in [5.74, 6) is 0.0761. The van der Waals surface area contributed by atoms with Crippen LogP contribution in [0.5, 0.6) is 0 Å². The number of carbonyl (C=O) groups is 1. The number of fused-ring (bicyclic) bond motifs is 1. The van der Waals surface area contributed by atoms with Crippen LogP contribution in [0.2, 0.25) is 10.3 Å². The second-order valence-electron chi connectivity index (χ2n) is 6.01. The number of hydrogen-bond acceptors (Lipinski definition) is 4. The molecule has 5 nitrogen and oxygen atoms in total. The number of aryl methyl sites for hydroxylation is 1. The van der Waals surface area contributed by atoms with Gasteiger partial charge in [0.25, 0.3) is 0 Å². The average molecular weight is 465 g/mol. The van der Waals surface area contributed by atoms with Crippen molar-refractivity contribution < 1.29 is 9.21 Å². The molecule has 0 saturated carbocycles. The fourth-order valence-corrected chi connectivity index (χ4v) is 3.39.